The van der Waals surface area contributed by atoms with Crippen LogP contribution in [0.15, 0.2) is 0 Å². The topological polar surface area (TPSA) is 111 Å². The molecule has 0 rings (SSSR count). The van der Waals surface area contributed by atoms with Gasteiger partial charge in [-0.25, -0.2) is 0 Å². The van der Waals surface area contributed by atoms with Gasteiger partial charge in [0.1, 0.15) is 19.8 Å². The van der Waals surface area contributed by atoms with Gasteiger partial charge in [-0.1, -0.05) is 258 Å². The lowest BCUT2D eigenvalue weighted by Gasteiger charge is -2.28. The van der Waals surface area contributed by atoms with Crippen LogP contribution in [0.5, 0.6) is 0 Å². The van der Waals surface area contributed by atoms with Crippen molar-refractivity contribution in [2.45, 2.75) is 290 Å². The molecule has 0 aliphatic heterocycles. The van der Waals surface area contributed by atoms with E-state index in [0.717, 1.165) is 44.9 Å². The van der Waals surface area contributed by atoms with Crippen LogP contribution in [0.4, 0.5) is 0 Å². The SMILES string of the molecule is CCCCCCCCCCCCCCCCCCCCCCCCCCCCCCCCCCCCCC(=O)OC(COC(=O)CCCCCCC)COP(=O)([O-])OCC[N+](C)(C)C. The van der Waals surface area contributed by atoms with Gasteiger partial charge in [-0.2, -0.15) is 0 Å². The minimum atomic E-state index is -4.61. The smallest absolute Gasteiger partial charge is 0.306 e. The van der Waals surface area contributed by atoms with Gasteiger partial charge in [0.2, 0.25) is 0 Å². The highest BCUT2D eigenvalue weighted by Gasteiger charge is 2.21. The average molecular weight is 930 g/mol. The number of hydrogen-bond acceptors (Lipinski definition) is 8. The molecular weight excluding hydrogens is 822 g/mol. The molecule has 0 fully saturated rings. The molecule has 9 nitrogen and oxygen atoms in total. The summed E-state index contributed by atoms with van der Waals surface area (Å²) in [6.07, 6.45) is 52.4. The zero-order valence-corrected chi connectivity index (χ0v) is 44.2. The summed E-state index contributed by atoms with van der Waals surface area (Å²) in [6.45, 7) is 4.18. The third-order valence-corrected chi connectivity index (χ3v) is 13.6. The summed E-state index contributed by atoms with van der Waals surface area (Å²) in [5.41, 5.74) is 0. The van der Waals surface area contributed by atoms with E-state index in [4.69, 9.17) is 18.5 Å². The van der Waals surface area contributed by atoms with Gasteiger partial charge >= 0.3 is 11.9 Å². The van der Waals surface area contributed by atoms with Crippen molar-refractivity contribution in [3.8, 4) is 0 Å². The Labute approximate surface area is 397 Å². The summed E-state index contributed by atoms with van der Waals surface area (Å²) in [4.78, 5) is 37.3. The van der Waals surface area contributed by atoms with Crippen LogP contribution in [0.2, 0.25) is 0 Å². The normalized spacial score (nSPS) is 13.3. The Kier molecular flexibility index (Phi) is 46.4. The van der Waals surface area contributed by atoms with Gasteiger partial charge in [0.05, 0.1) is 27.7 Å². The fraction of sp³-hybridized carbons (Fsp3) is 0.963. The number of ether oxygens (including phenoxy) is 2. The van der Waals surface area contributed by atoms with Gasteiger partial charge < -0.3 is 27.9 Å². The van der Waals surface area contributed by atoms with E-state index >= 15 is 0 Å². The average Bonchev–Trinajstić information content (AvgIpc) is 3.25. The summed E-state index contributed by atoms with van der Waals surface area (Å²) in [5, 5.41) is 0. The second-order valence-electron chi connectivity index (χ2n) is 20.3. The van der Waals surface area contributed by atoms with E-state index in [9.17, 15) is 19.0 Å². The molecule has 10 heteroatoms. The highest BCUT2D eigenvalue weighted by atomic mass is 31.2. The number of likely N-dealkylation sites (N-methyl/N-ethyl adjacent to an activating group) is 1. The molecule has 0 radical (unpaired) electrons. The molecule has 382 valence electrons. The van der Waals surface area contributed by atoms with Crippen molar-refractivity contribution in [1.82, 2.24) is 0 Å². The predicted molar refractivity (Wildman–Crippen MR) is 269 cm³/mol. The second kappa shape index (κ2) is 47.1. The predicted octanol–water partition coefficient (Wildman–Crippen LogP) is 16.1. The first kappa shape index (κ1) is 63.0. The van der Waals surface area contributed by atoms with Crippen molar-refractivity contribution in [3.63, 3.8) is 0 Å². The van der Waals surface area contributed by atoms with E-state index in [2.05, 4.69) is 13.8 Å². The van der Waals surface area contributed by atoms with Crippen molar-refractivity contribution >= 4 is 19.8 Å². The number of phosphoric ester groups is 1. The Hall–Kier alpha value is -0.990. The van der Waals surface area contributed by atoms with Crippen molar-refractivity contribution in [1.29, 1.82) is 0 Å². The summed E-state index contributed by atoms with van der Waals surface area (Å²) < 4.78 is 33.8. The van der Waals surface area contributed by atoms with Crippen LogP contribution >= 0.6 is 7.82 Å². The van der Waals surface area contributed by atoms with E-state index in [-0.39, 0.29) is 26.1 Å². The van der Waals surface area contributed by atoms with Crippen LogP contribution < -0.4 is 4.89 Å². The molecule has 0 N–H and O–H groups in total. The molecule has 0 amide bonds. The molecule has 0 bridgehead atoms. The number of carbonyl (C=O) groups is 2. The lowest BCUT2D eigenvalue weighted by molar-refractivity contribution is -0.870. The molecule has 64 heavy (non-hydrogen) atoms. The van der Waals surface area contributed by atoms with Gasteiger partial charge in [-0.05, 0) is 12.8 Å². The largest absolute Gasteiger partial charge is 0.756 e. The van der Waals surface area contributed by atoms with E-state index < -0.39 is 32.5 Å². The number of esters is 2. The number of nitrogens with zero attached hydrogens (tertiary/aromatic N) is 1. The van der Waals surface area contributed by atoms with Crippen LogP contribution in [0.25, 0.3) is 0 Å². The maximum Gasteiger partial charge on any atom is 0.306 e. The Morgan fingerprint density at radius 2 is 0.703 bits per heavy atom. The molecule has 0 aromatic rings. The third kappa shape index (κ3) is 50.4. The van der Waals surface area contributed by atoms with Crippen LogP contribution in [0, 0.1) is 0 Å². The number of hydrogen-bond donors (Lipinski definition) is 0. The Bertz CT molecular complexity index is 1050. The molecule has 0 saturated heterocycles. The van der Waals surface area contributed by atoms with Crippen molar-refractivity contribution in [2.75, 3.05) is 47.5 Å². The Morgan fingerprint density at radius 3 is 1.00 bits per heavy atom. The number of quaternary nitrogens is 1. The molecule has 2 unspecified atom stereocenters. The summed E-state index contributed by atoms with van der Waals surface area (Å²) in [7, 11) is 1.18. The van der Waals surface area contributed by atoms with E-state index in [1.165, 1.54) is 205 Å². The summed E-state index contributed by atoms with van der Waals surface area (Å²) in [5.74, 6) is -0.833. The van der Waals surface area contributed by atoms with Crippen LogP contribution in [0.3, 0.4) is 0 Å². The highest BCUT2D eigenvalue weighted by molar-refractivity contribution is 7.45. The number of rotatable bonds is 52. The maximum absolute atomic E-state index is 12.7. The Balaban J connectivity index is 3.73. The fourth-order valence-electron chi connectivity index (χ4n) is 8.31. The van der Waals surface area contributed by atoms with Crippen molar-refractivity contribution < 1.29 is 42.1 Å². The quantitative estimate of drug-likeness (QED) is 0.0257. The highest BCUT2D eigenvalue weighted by Crippen LogP contribution is 2.38. The Morgan fingerprint density at radius 1 is 0.422 bits per heavy atom. The van der Waals surface area contributed by atoms with Gasteiger partial charge in [-0.15, -0.1) is 0 Å². The van der Waals surface area contributed by atoms with E-state index in [1.54, 1.807) is 0 Å². The number of phosphoric acid groups is 1. The molecule has 2 atom stereocenters. The standard InChI is InChI=1S/C54H108NO8P/c1-6-8-10-12-13-14-15-16-17-18-19-20-21-22-23-24-25-26-27-28-29-30-31-32-33-34-35-36-37-38-39-40-41-43-45-47-54(57)63-52(50-60-53(56)46-44-42-11-9-7-2)51-62-64(58,59)61-49-48-55(3,4)5/h52H,6-51H2,1-5H3. The zero-order chi connectivity index (χ0) is 47.1. The van der Waals surface area contributed by atoms with E-state index in [1.807, 2.05) is 21.1 Å². The molecule has 0 spiro atoms. The lowest BCUT2D eigenvalue weighted by atomic mass is 10.0. The van der Waals surface area contributed by atoms with E-state index in [0.29, 0.717) is 17.4 Å². The molecule has 0 saturated carbocycles. The molecule has 0 heterocycles. The van der Waals surface area contributed by atoms with Gasteiger partial charge in [0.25, 0.3) is 7.82 Å². The second-order valence-corrected chi connectivity index (χ2v) is 21.7. The maximum atomic E-state index is 12.7. The van der Waals surface area contributed by atoms with Crippen LogP contribution in [0.1, 0.15) is 284 Å². The molecule has 0 aromatic carbocycles. The van der Waals surface area contributed by atoms with Crippen molar-refractivity contribution in [2.24, 2.45) is 0 Å². The monoisotopic (exact) mass is 930 g/mol. The first-order chi connectivity index (χ1) is 31.0. The lowest BCUT2D eigenvalue weighted by Crippen LogP contribution is -2.37. The molecule has 0 aliphatic carbocycles. The van der Waals surface area contributed by atoms with Gasteiger partial charge in [0, 0.05) is 12.8 Å². The number of unbranched alkanes of at least 4 members (excludes halogenated alkanes) is 38. The summed E-state index contributed by atoms with van der Waals surface area (Å²) >= 11 is 0. The molecular formula is C54H108NO8P. The van der Waals surface area contributed by atoms with Gasteiger partial charge in [-0.3, -0.25) is 14.2 Å². The number of carbonyl (C=O) groups excluding carboxylic acids is 2. The minimum absolute atomic E-state index is 0.0263. The van der Waals surface area contributed by atoms with Gasteiger partial charge in [0.15, 0.2) is 6.10 Å². The van der Waals surface area contributed by atoms with Crippen LogP contribution in [-0.4, -0.2) is 70.0 Å². The fourth-order valence-corrected chi connectivity index (χ4v) is 9.03. The minimum Gasteiger partial charge on any atom is -0.756 e. The van der Waals surface area contributed by atoms with Crippen molar-refractivity contribution in [3.05, 3.63) is 0 Å². The summed E-state index contributed by atoms with van der Waals surface area (Å²) in [6, 6.07) is 0. The zero-order valence-electron chi connectivity index (χ0n) is 43.3. The third-order valence-electron chi connectivity index (χ3n) is 12.6. The molecule has 0 aromatic heterocycles. The first-order valence-corrected chi connectivity index (χ1v) is 29.2. The molecule has 0 aliphatic rings. The van der Waals surface area contributed by atoms with Crippen LogP contribution in [-0.2, 0) is 32.7 Å². The first-order valence-electron chi connectivity index (χ1n) is 27.7.